The van der Waals surface area contributed by atoms with Crippen molar-refractivity contribution in [1.29, 1.82) is 0 Å². The molecule has 0 radical (unpaired) electrons. The molecule has 1 aromatic rings. The number of pyridine rings is 1. The highest BCUT2D eigenvalue weighted by Crippen LogP contribution is 2.02. The minimum atomic E-state index is 0.570. The molecule has 1 heterocycles. The fourth-order valence-electron chi connectivity index (χ4n) is 1.05. The Balaban J connectivity index is 2.39. The van der Waals surface area contributed by atoms with Crippen LogP contribution in [0.4, 0.5) is 0 Å². The maximum absolute atomic E-state index is 5.71. The van der Waals surface area contributed by atoms with Gasteiger partial charge in [0.25, 0.3) is 0 Å². The second-order valence-corrected chi connectivity index (χ2v) is 3.63. The summed E-state index contributed by atoms with van der Waals surface area (Å²) in [6, 6.07) is 5.92. The first-order valence-electron chi connectivity index (χ1n) is 4.30. The van der Waals surface area contributed by atoms with Crippen molar-refractivity contribution in [3.63, 3.8) is 0 Å². The summed E-state index contributed by atoms with van der Waals surface area (Å²) in [6.45, 7) is 3.23. The average molecular weight is 231 g/mol. The van der Waals surface area contributed by atoms with Gasteiger partial charge in [0.1, 0.15) is 0 Å². The lowest BCUT2D eigenvalue weighted by Gasteiger charge is -2.03. The van der Waals surface area contributed by atoms with E-state index < -0.39 is 0 Å². The van der Waals surface area contributed by atoms with Gasteiger partial charge in [-0.1, -0.05) is 29.3 Å². The number of hydrogen-bond acceptors (Lipinski definition) is 2. The quantitative estimate of drug-likeness (QED) is 0.861. The van der Waals surface area contributed by atoms with Crippen LogP contribution in [0.25, 0.3) is 0 Å². The van der Waals surface area contributed by atoms with Crippen molar-refractivity contribution in [2.45, 2.75) is 13.5 Å². The minimum absolute atomic E-state index is 0.570. The van der Waals surface area contributed by atoms with Gasteiger partial charge in [0.15, 0.2) is 0 Å². The van der Waals surface area contributed by atoms with E-state index in [2.05, 4.69) is 10.3 Å². The van der Waals surface area contributed by atoms with Crippen LogP contribution in [0.1, 0.15) is 11.4 Å². The van der Waals surface area contributed by atoms with Crippen molar-refractivity contribution >= 4 is 23.2 Å². The number of hydrogen-bond donors (Lipinski definition) is 1. The molecule has 0 unspecified atom stereocenters. The summed E-state index contributed by atoms with van der Waals surface area (Å²) >= 11 is 11.1. The van der Waals surface area contributed by atoms with Gasteiger partial charge < -0.3 is 5.32 Å². The van der Waals surface area contributed by atoms with E-state index in [-0.39, 0.29) is 0 Å². The number of halogens is 2. The van der Waals surface area contributed by atoms with Crippen LogP contribution < -0.4 is 5.32 Å². The van der Waals surface area contributed by atoms with E-state index in [1.54, 1.807) is 0 Å². The molecule has 0 aromatic carbocycles. The van der Waals surface area contributed by atoms with Crippen LogP contribution in [0.2, 0.25) is 0 Å². The third kappa shape index (κ3) is 4.09. The van der Waals surface area contributed by atoms with Crippen LogP contribution in [-0.2, 0) is 6.54 Å². The van der Waals surface area contributed by atoms with Crippen LogP contribution in [0.15, 0.2) is 28.8 Å². The zero-order valence-corrected chi connectivity index (χ0v) is 9.44. The molecule has 0 spiro atoms. The Labute approximate surface area is 93.9 Å². The minimum Gasteiger partial charge on any atom is -0.306 e. The number of aromatic nitrogens is 1. The van der Waals surface area contributed by atoms with Crippen LogP contribution in [-0.4, -0.2) is 11.5 Å². The first-order chi connectivity index (χ1) is 6.72. The van der Waals surface area contributed by atoms with E-state index in [1.807, 2.05) is 25.1 Å². The Morgan fingerprint density at radius 1 is 1.57 bits per heavy atom. The molecule has 0 fully saturated rings. The van der Waals surface area contributed by atoms with Gasteiger partial charge >= 0.3 is 0 Å². The van der Waals surface area contributed by atoms with Gasteiger partial charge in [0.2, 0.25) is 0 Å². The molecule has 2 nitrogen and oxygen atoms in total. The number of aryl methyl sites for hydroxylation is 1. The molecule has 0 saturated carbocycles. The van der Waals surface area contributed by atoms with Gasteiger partial charge in [-0.15, -0.1) is 0 Å². The number of nitrogens with one attached hydrogen (secondary N) is 1. The van der Waals surface area contributed by atoms with Gasteiger partial charge in [-0.2, -0.15) is 0 Å². The van der Waals surface area contributed by atoms with Crippen molar-refractivity contribution in [2.24, 2.45) is 0 Å². The maximum atomic E-state index is 5.71. The van der Waals surface area contributed by atoms with Gasteiger partial charge in [-0.05, 0) is 19.1 Å². The molecule has 0 atom stereocenters. The second-order valence-electron chi connectivity index (χ2n) is 2.93. The van der Waals surface area contributed by atoms with E-state index >= 15 is 0 Å². The Morgan fingerprint density at radius 2 is 2.36 bits per heavy atom. The van der Waals surface area contributed by atoms with Crippen LogP contribution >= 0.6 is 23.2 Å². The molecule has 76 valence electrons. The molecule has 4 heteroatoms. The Hall–Kier alpha value is -0.570. The summed E-state index contributed by atoms with van der Waals surface area (Å²) in [6.07, 6.45) is 0. The molecule has 0 aliphatic rings. The lowest BCUT2D eigenvalue weighted by molar-refractivity contribution is 0.733. The highest BCUT2D eigenvalue weighted by molar-refractivity contribution is 6.36. The molecule has 1 aromatic heterocycles. The lowest BCUT2D eigenvalue weighted by Crippen LogP contribution is -2.15. The fraction of sp³-hybridized carbons (Fsp3) is 0.300. The molecule has 0 aliphatic carbocycles. The third-order valence-corrected chi connectivity index (χ3v) is 2.28. The smallest absolute Gasteiger partial charge is 0.0544 e. The summed E-state index contributed by atoms with van der Waals surface area (Å²) < 4.78 is 0. The molecule has 0 aliphatic heterocycles. The van der Waals surface area contributed by atoms with Gasteiger partial charge in [0, 0.05) is 29.4 Å². The van der Waals surface area contributed by atoms with E-state index in [0.29, 0.717) is 18.1 Å². The largest absolute Gasteiger partial charge is 0.306 e. The fourth-order valence-corrected chi connectivity index (χ4v) is 1.22. The predicted octanol–water partition coefficient (Wildman–Crippen LogP) is 2.80. The molecule has 0 bridgehead atoms. The Kier molecular flexibility index (Phi) is 4.94. The highest BCUT2D eigenvalue weighted by Gasteiger charge is 1.95. The number of nitrogens with zero attached hydrogens (tertiary/aromatic N) is 1. The number of rotatable bonds is 4. The van der Waals surface area contributed by atoms with Gasteiger partial charge in [-0.3, -0.25) is 4.98 Å². The normalized spacial score (nSPS) is 11.8. The monoisotopic (exact) mass is 230 g/mol. The van der Waals surface area contributed by atoms with Crippen molar-refractivity contribution in [2.75, 3.05) is 6.54 Å². The van der Waals surface area contributed by atoms with Crippen LogP contribution in [0.5, 0.6) is 0 Å². The van der Waals surface area contributed by atoms with E-state index in [9.17, 15) is 0 Å². The summed E-state index contributed by atoms with van der Waals surface area (Å²) in [5.74, 6) is 0. The Morgan fingerprint density at radius 3 is 3.00 bits per heavy atom. The van der Waals surface area contributed by atoms with Crippen molar-refractivity contribution < 1.29 is 0 Å². The third-order valence-electron chi connectivity index (χ3n) is 1.66. The van der Waals surface area contributed by atoms with Crippen LogP contribution in [0.3, 0.4) is 0 Å². The first-order valence-corrected chi connectivity index (χ1v) is 5.12. The molecule has 1 N–H and O–H groups in total. The van der Waals surface area contributed by atoms with E-state index in [0.717, 1.165) is 11.4 Å². The first kappa shape index (κ1) is 11.5. The van der Waals surface area contributed by atoms with Gasteiger partial charge in [0.05, 0.1) is 5.69 Å². The SMILES string of the molecule is Cc1cccc(CNCC(Cl)=CCl)n1. The summed E-state index contributed by atoms with van der Waals surface area (Å²) in [7, 11) is 0. The van der Waals surface area contributed by atoms with Gasteiger partial charge in [-0.25, -0.2) is 0 Å². The van der Waals surface area contributed by atoms with Crippen molar-refractivity contribution in [3.8, 4) is 0 Å². The topological polar surface area (TPSA) is 24.9 Å². The van der Waals surface area contributed by atoms with E-state index in [1.165, 1.54) is 5.54 Å². The summed E-state index contributed by atoms with van der Waals surface area (Å²) in [5.41, 5.74) is 3.38. The molecule has 0 amide bonds. The predicted molar refractivity (Wildman–Crippen MR) is 60.5 cm³/mol. The molecule has 0 saturated heterocycles. The Bertz CT molecular complexity index is 324. The molecule has 14 heavy (non-hydrogen) atoms. The zero-order chi connectivity index (χ0) is 10.4. The molecule has 1 rings (SSSR count). The zero-order valence-electron chi connectivity index (χ0n) is 7.93. The maximum Gasteiger partial charge on any atom is 0.0544 e. The standard InChI is InChI=1S/C10H12Cl2N2/c1-8-3-2-4-10(14-8)7-13-6-9(12)5-11/h2-5,13H,6-7H2,1H3. The van der Waals surface area contributed by atoms with Crippen molar-refractivity contribution in [1.82, 2.24) is 10.3 Å². The highest BCUT2D eigenvalue weighted by atomic mass is 35.5. The molecular weight excluding hydrogens is 219 g/mol. The van der Waals surface area contributed by atoms with E-state index in [4.69, 9.17) is 23.2 Å². The van der Waals surface area contributed by atoms with Crippen molar-refractivity contribution in [3.05, 3.63) is 40.2 Å². The summed E-state index contributed by atoms with van der Waals surface area (Å²) in [5, 5.41) is 3.73. The molecular formula is C10H12Cl2N2. The summed E-state index contributed by atoms with van der Waals surface area (Å²) in [4.78, 5) is 4.34. The second kappa shape index (κ2) is 6.02. The van der Waals surface area contributed by atoms with Crippen LogP contribution in [0, 0.1) is 6.92 Å². The lowest BCUT2D eigenvalue weighted by atomic mass is 10.3. The average Bonchev–Trinajstić information content (AvgIpc) is 2.17.